The molecule has 0 amide bonds. The molecule has 4 aromatic rings. The topological polar surface area (TPSA) is 56.2 Å². The van der Waals surface area contributed by atoms with Gasteiger partial charge in [0.25, 0.3) is 0 Å². The van der Waals surface area contributed by atoms with Gasteiger partial charge in [0.1, 0.15) is 5.82 Å². The zero-order valence-corrected chi connectivity index (χ0v) is 17.1. The van der Waals surface area contributed by atoms with Gasteiger partial charge in [-0.25, -0.2) is 9.78 Å². The molecule has 0 radical (unpaired) electrons. The van der Waals surface area contributed by atoms with Crippen LogP contribution in [0.4, 0.5) is 0 Å². The van der Waals surface area contributed by atoms with E-state index in [1.807, 2.05) is 12.1 Å². The molecule has 1 saturated heterocycles. The minimum Gasteiger partial charge on any atom is -0.408 e. The highest BCUT2D eigenvalue weighted by atomic mass is 35.5. The Morgan fingerprint density at radius 2 is 2.07 bits per heavy atom. The molecule has 2 aromatic carbocycles. The zero-order valence-electron chi connectivity index (χ0n) is 16.3. The van der Waals surface area contributed by atoms with Crippen LogP contribution in [0.1, 0.15) is 31.6 Å². The number of aryl methyl sites for hydroxylation is 1. The molecular formula is C22H23ClN4O2. The number of hydrogen-bond donors (Lipinski definition) is 0. The van der Waals surface area contributed by atoms with Gasteiger partial charge < -0.3 is 8.98 Å². The van der Waals surface area contributed by atoms with Crippen molar-refractivity contribution in [1.82, 2.24) is 19.0 Å². The van der Waals surface area contributed by atoms with Gasteiger partial charge in [0.05, 0.1) is 29.1 Å². The third kappa shape index (κ3) is 3.26. The molecule has 29 heavy (non-hydrogen) atoms. The second kappa shape index (κ2) is 7.35. The van der Waals surface area contributed by atoms with Gasteiger partial charge >= 0.3 is 5.76 Å². The summed E-state index contributed by atoms with van der Waals surface area (Å²) in [6.07, 6.45) is 1.97. The van der Waals surface area contributed by atoms with Gasteiger partial charge in [-0.1, -0.05) is 23.7 Å². The van der Waals surface area contributed by atoms with E-state index in [4.69, 9.17) is 21.0 Å². The fourth-order valence-electron chi connectivity index (χ4n) is 4.54. The summed E-state index contributed by atoms with van der Waals surface area (Å²) in [7, 11) is 0. The lowest BCUT2D eigenvalue weighted by molar-refractivity contribution is 0.163. The molecule has 1 unspecified atom stereocenters. The van der Waals surface area contributed by atoms with E-state index in [9.17, 15) is 4.79 Å². The van der Waals surface area contributed by atoms with Crippen LogP contribution in [-0.2, 0) is 13.1 Å². The van der Waals surface area contributed by atoms with Crippen molar-refractivity contribution in [2.45, 2.75) is 38.9 Å². The monoisotopic (exact) mass is 410 g/mol. The van der Waals surface area contributed by atoms with E-state index in [1.165, 1.54) is 5.52 Å². The normalized spacial score (nSPS) is 18.1. The Hall–Kier alpha value is -2.57. The van der Waals surface area contributed by atoms with Crippen LogP contribution in [-0.4, -0.2) is 32.1 Å². The number of para-hydroxylation sites is 2. The van der Waals surface area contributed by atoms with E-state index in [2.05, 4.69) is 34.6 Å². The fraction of sp³-hybridized carbons (Fsp3) is 0.364. The first-order valence-corrected chi connectivity index (χ1v) is 10.5. The van der Waals surface area contributed by atoms with E-state index in [0.717, 1.165) is 55.9 Å². The molecule has 1 atom stereocenters. The SMILES string of the molecule is CCn1c(CN2CCCC(n3c(=O)oc4ccc(Cl)cc43)C2)nc2ccccc21. The van der Waals surface area contributed by atoms with Crippen LogP contribution < -0.4 is 5.76 Å². The maximum absolute atomic E-state index is 12.6. The Morgan fingerprint density at radius 3 is 2.93 bits per heavy atom. The van der Waals surface area contributed by atoms with E-state index < -0.39 is 0 Å². The molecule has 1 aliphatic heterocycles. The summed E-state index contributed by atoms with van der Waals surface area (Å²) in [5.74, 6) is 0.761. The molecule has 3 heterocycles. The second-order valence-corrected chi connectivity index (χ2v) is 8.08. The van der Waals surface area contributed by atoms with Gasteiger partial charge in [-0.05, 0) is 56.6 Å². The summed E-state index contributed by atoms with van der Waals surface area (Å²) in [5, 5.41) is 0.608. The van der Waals surface area contributed by atoms with Gasteiger partial charge in [-0.15, -0.1) is 0 Å². The molecule has 1 aliphatic rings. The predicted molar refractivity (Wildman–Crippen MR) is 114 cm³/mol. The van der Waals surface area contributed by atoms with Crippen LogP contribution >= 0.6 is 11.6 Å². The molecule has 0 N–H and O–H groups in total. The average molecular weight is 411 g/mol. The molecule has 2 aromatic heterocycles. The Kier molecular flexibility index (Phi) is 4.68. The highest BCUT2D eigenvalue weighted by Gasteiger charge is 2.26. The number of benzene rings is 2. The Bertz CT molecular complexity index is 1240. The molecule has 6 nitrogen and oxygen atoms in total. The number of hydrogen-bond acceptors (Lipinski definition) is 4. The molecule has 5 rings (SSSR count). The summed E-state index contributed by atoms with van der Waals surface area (Å²) in [4.78, 5) is 19.8. The number of likely N-dealkylation sites (tertiary alicyclic amines) is 1. The Labute approximate surface area is 173 Å². The van der Waals surface area contributed by atoms with Crippen LogP contribution in [0.3, 0.4) is 0 Å². The van der Waals surface area contributed by atoms with Gasteiger partial charge in [0.15, 0.2) is 5.58 Å². The van der Waals surface area contributed by atoms with Crippen molar-refractivity contribution in [3.8, 4) is 0 Å². The number of fused-ring (bicyclic) bond motifs is 2. The standard InChI is InChI=1S/C22H23ClN4O2/c1-2-26-18-8-4-3-7-17(18)24-21(26)14-25-11-5-6-16(13-25)27-19-12-15(23)9-10-20(19)29-22(27)28/h3-4,7-10,12,16H,2,5-6,11,13-14H2,1H3. The molecule has 1 fully saturated rings. The number of rotatable bonds is 4. The average Bonchev–Trinajstić information content (AvgIpc) is 3.23. The number of nitrogens with zero attached hydrogens (tertiary/aromatic N) is 4. The maximum Gasteiger partial charge on any atom is 0.420 e. The molecule has 0 spiro atoms. The first kappa shape index (κ1) is 18.5. The van der Waals surface area contributed by atoms with Gasteiger partial charge in [0, 0.05) is 18.1 Å². The lowest BCUT2D eigenvalue weighted by Gasteiger charge is -2.32. The van der Waals surface area contributed by atoms with E-state index in [-0.39, 0.29) is 11.8 Å². The molecule has 0 bridgehead atoms. The van der Waals surface area contributed by atoms with Crippen LogP contribution in [0.5, 0.6) is 0 Å². The lowest BCUT2D eigenvalue weighted by atomic mass is 10.1. The predicted octanol–water partition coefficient (Wildman–Crippen LogP) is 4.45. The van der Waals surface area contributed by atoms with Crippen molar-refractivity contribution in [3.63, 3.8) is 0 Å². The van der Waals surface area contributed by atoms with Crippen molar-refractivity contribution >= 4 is 33.7 Å². The smallest absolute Gasteiger partial charge is 0.408 e. The lowest BCUT2D eigenvalue weighted by Crippen LogP contribution is -2.39. The fourth-order valence-corrected chi connectivity index (χ4v) is 4.70. The van der Waals surface area contributed by atoms with E-state index in [1.54, 1.807) is 16.7 Å². The Balaban J connectivity index is 1.44. The summed E-state index contributed by atoms with van der Waals surface area (Å²) in [6, 6.07) is 13.7. The quantitative estimate of drug-likeness (QED) is 0.498. The highest BCUT2D eigenvalue weighted by Crippen LogP contribution is 2.28. The minimum atomic E-state index is -0.310. The summed E-state index contributed by atoms with van der Waals surface area (Å²) in [5.41, 5.74) is 3.56. The molecular weight excluding hydrogens is 388 g/mol. The van der Waals surface area contributed by atoms with Crippen molar-refractivity contribution in [3.05, 3.63) is 63.9 Å². The highest BCUT2D eigenvalue weighted by molar-refractivity contribution is 6.31. The first-order valence-electron chi connectivity index (χ1n) is 10.1. The maximum atomic E-state index is 12.6. The summed E-state index contributed by atoms with van der Waals surface area (Å²) in [6.45, 7) is 5.59. The summed E-state index contributed by atoms with van der Waals surface area (Å²) < 4.78 is 9.50. The van der Waals surface area contributed by atoms with Crippen molar-refractivity contribution in [1.29, 1.82) is 0 Å². The number of oxazole rings is 1. The third-order valence-corrected chi connectivity index (χ3v) is 6.07. The molecule has 0 saturated carbocycles. The van der Waals surface area contributed by atoms with Gasteiger partial charge in [0.2, 0.25) is 0 Å². The second-order valence-electron chi connectivity index (χ2n) is 7.64. The third-order valence-electron chi connectivity index (χ3n) is 5.84. The Morgan fingerprint density at radius 1 is 1.21 bits per heavy atom. The van der Waals surface area contributed by atoms with Crippen molar-refractivity contribution in [2.75, 3.05) is 13.1 Å². The van der Waals surface area contributed by atoms with Crippen molar-refractivity contribution < 1.29 is 4.42 Å². The number of aromatic nitrogens is 3. The first-order chi connectivity index (χ1) is 14.1. The van der Waals surface area contributed by atoms with Crippen LogP contribution in [0.2, 0.25) is 5.02 Å². The van der Waals surface area contributed by atoms with E-state index in [0.29, 0.717) is 10.6 Å². The molecule has 7 heteroatoms. The minimum absolute atomic E-state index is 0.0652. The zero-order chi connectivity index (χ0) is 20.0. The molecule has 0 aliphatic carbocycles. The number of halogens is 1. The van der Waals surface area contributed by atoms with Crippen LogP contribution in [0, 0.1) is 0 Å². The van der Waals surface area contributed by atoms with Gasteiger partial charge in [-0.3, -0.25) is 9.47 Å². The molecule has 150 valence electrons. The number of imidazole rings is 1. The van der Waals surface area contributed by atoms with Crippen LogP contribution in [0.25, 0.3) is 22.1 Å². The summed E-state index contributed by atoms with van der Waals surface area (Å²) >= 11 is 6.17. The van der Waals surface area contributed by atoms with Gasteiger partial charge in [-0.2, -0.15) is 0 Å². The van der Waals surface area contributed by atoms with Crippen LogP contribution in [0.15, 0.2) is 51.7 Å². The van der Waals surface area contributed by atoms with Crippen molar-refractivity contribution in [2.24, 2.45) is 0 Å². The largest absolute Gasteiger partial charge is 0.420 e. The number of piperidine rings is 1. The van der Waals surface area contributed by atoms with E-state index >= 15 is 0 Å².